The number of alkyl halides is 2. The van der Waals surface area contributed by atoms with Crippen LogP contribution in [0.5, 0.6) is 5.75 Å². The standard InChI is InChI=1S/C7H3ClF2N2O3S/c8-16(14,15)7-3(2-11)1-4(13)5(12-7)6(9)10/h1,6,13H. The van der Waals surface area contributed by atoms with Crippen LogP contribution in [-0.2, 0) is 9.05 Å². The van der Waals surface area contributed by atoms with Crippen molar-refractivity contribution >= 4 is 19.7 Å². The van der Waals surface area contributed by atoms with Crippen molar-refractivity contribution in [2.24, 2.45) is 0 Å². The molecule has 16 heavy (non-hydrogen) atoms. The van der Waals surface area contributed by atoms with E-state index in [4.69, 9.17) is 21.1 Å². The molecule has 0 aliphatic rings. The van der Waals surface area contributed by atoms with E-state index < -0.39 is 37.5 Å². The van der Waals surface area contributed by atoms with E-state index in [9.17, 15) is 17.2 Å². The molecule has 0 spiro atoms. The first-order valence-corrected chi connectivity index (χ1v) is 5.95. The molecule has 0 aromatic carbocycles. The fraction of sp³-hybridized carbons (Fsp3) is 0.143. The number of halogens is 3. The van der Waals surface area contributed by atoms with Gasteiger partial charge in [-0.3, -0.25) is 0 Å². The normalized spacial score (nSPS) is 11.4. The van der Waals surface area contributed by atoms with E-state index in [0.29, 0.717) is 6.07 Å². The highest BCUT2D eigenvalue weighted by atomic mass is 35.7. The largest absolute Gasteiger partial charge is 0.506 e. The maximum absolute atomic E-state index is 12.3. The maximum atomic E-state index is 12.3. The summed E-state index contributed by atoms with van der Waals surface area (Å²) in [5.74, 6) is -0.962. The van der Waals surface area contributed by atoms with Crippen molar-refractivity contribution in [2.75, 3.05) is 0 Å². The van der Waals surface area contributed by atoms with E-state index >= 15 is 0 Å². The molecule has 0 saturated heterocycles. The van der Waals surface area contributed by atoms with Gasteiger partial charge in [-0.25, -0.2) is 22.2 Å². The molecule has 1 aromatic rings. The van der Waals surface area contributed by atoms with Crippen molar-refractivity contribution in [1.29, 1.82) is 5.26 Å². The first-order valence-electron chi connectivity index (χ1n) is 3.64. The second-order valence-corrected chi connectivity index (χ2v) is 5.08. The van der Waals surface area contributed by atoms with Gasteiger partial charge in [0.05, 0.1) is 5.56 Å². The van der Waals surface area contributed by atoms with Crippen molar-refractivity contribution in [2.45, 2.75) is 11.5 Å². The number of nitriles is 1. The molecule has 0 fully saturated rings. The van der Waals surface area contributed by atoms with E-state index in [1.165, 1.54) is 6.07 Å². The van der Waals surface area contributed by atoms with Crippen molar-refractivity contribution in [3.8, 4) is 11.8 Å². The number of aromatic nitrogens is 1. The minimum Gasteiger partial charge on any atom is -0.506 e. The van der Waals surface area contributed by atoms with Crippen LogP contribution < -0.4 is 0 Å². The summed E-state index contributed by atoms with van der Waals surface area (Å²) >= 11 is 0. The smallest absolute Gasteiger partial charge is 0.284 e. The lowest BCUT2D eigenvalue weighted by Gasteiger charge is -2.05. The lowest BCUT2D eigenvalue weighted by molar-refractivity contribution is 0.141. The van der Waals surface area contributed by atoms with Gasteiger partial charge in [-0.05, 0) is 0 Å². The molecule has 0 saturated carbocycles. The lowest BCUT2D eigenvalue weighted by Crippen LogP contribution is -2.03. The zero-order chi connectivity index (χ0) is 12.5. The van der Waals surface area contributed by atoms with Crippen LogP contribution in [0, 0.1) is 11.3 Å². The first kappa shape index (κ1) is 12.6. The summed E-state index contributed by atoms with van der Waals surface area (Å²) in [7, 11) is 0.479. The average Bonchev–Trinajstić information content (AvgIpc) is 2.14. The Kier molecular flexibility index (Phi) is 3.30. The molecule has 0 bridgehead atoms. The number of pyridine rings is 1. The Morgan fingerprint density at radius 3 is 2.50 bits per heavy atom. The minimum atomic E-state index is -4.42. The Bertz CT molecular complexity index is 568. The van der Waals surface area contributed by atoms with Crippen LogP contribution in [0.3, 0.4) is 0 Å². The van der Waals surface area contributed by atoms with Gasteiger partial charge in [-0.1, -0.05) is 0 Å². The van der Waals surface area contributed by atoms with E-state index in [1.54, 1.807) is 0 Å². The van der Waals surface area contributed by atoms with Gasteiger partial charge in [0, 0.05) is 16.7 Å². The van der Waals surface area contributed by atoms with Gasteiger partial charge in [-0.15, -0.1) is 0 Å². The SMILES string of the molecule is N#Cc1cc(O)c(C(F)F)nc1S(=O)(=O)Cl. The van der Waals surface area contributed by atoms with Crippen LogP contribution in [0.15, 0.2) is 11.1 Å². The molecule has 0 unspecified atom stereocenters. The highest BCUT2D eigenvalue weighted by Gasteiger charge is 2.24. The Balaban J connectivity index is 3.62. The minimum absolute atomic E-state index is 0.573. The molecule has 1 N–H and O–H groups in total. The second-order valence-electron chi connectivity index (χ2n) is 2.60. The molecule has 1 rings (SSSR count). The van der Waals surface area contributed by atoms with Gasteiger partial charge < -0.3 is 5.11 Å². The third kappa shape index (κ3) is 2.37. The van der Waals surface area contributed by atoms with E-state index in [2.05, 4.69) is 4.98 Å². The average molecular weight is 269 g/mol. The molecule has 0 radical (unpaired) electrons. The summed E-state index contributed by atoms with van der Waals surface area (Å²) < 4.78 is 46.4. The number of hydrogen-bond donors (Lipinski definition) is 1. The van der Waals surface area contributed by atoms with Crippen LogP contribution in [0.4, 0.5) is 8.78 Å². The summed E-state index contributed by atoms with van der Waals surface area (Å²) in [4.78, 5) is 2.97. The van der Waals surface area contributed by atoms with Gasteiger partial charge in [0.2, 0.25) is 0 Å². The van der Waals surface area contributed by atoms with Crippen LogP contribution in [0.1, 0.15) is 17.7 Å². The maximum Gasteiger partial charge on any atom is 0.284 e. The lowest BCUT2D eigenvalue weighted by atomic mass is 10.2. The number of aromatic hydroxyl groups is 1. The van der Waals surface area contributed by atoms with Crippen LogP contribution in [0.2, 0.25) is 0 Å². The molecule has 1 heterocycles. The fourth-order valence-corrected chi connectivity index (χ4v) is 1.85. The molecule has 5 nitrogen and oxygen atoms in total. The highest BCUT2D eigenvalue weighted by Crippen LogP contribution is 2.30. The predicted molar refractivity (Wildman–Crippen MR) is 48.6 cm³/mol. The summed E-state index contributed by atoms with van der Waals surface area (Å²) in [5.41, 5.74) is -1.74. The molecule has 1 aromatic heterocycles. The Labute approximate surface area is 93.3 Å². The molecular formula is C7H3ClF2N2O3S. The third-order valence-electron chi connectivity index (χ3n) is 1.55. The Morgan fingerprint density at radius 1 is 1.56 bits per heavy atom. The number of rotatable bonds is 2. The van der Waals surface area contributed by atoms with E-state index in [0.717, 1.165) is 0 Å². The second kappa shape index (κ2) is 4.19. The molecule has 0 amide bonds. The summed E-state index contributed by atoms with van der Waals surface area (Å²) in [5, 5.41) is 16.6. The van der Waals surface area contributed by atoms with Crippen molar-refractivity contribution in [3.05, 3.63) is 17.3 Å². The molecule has 0 aliphatic carbocycles. The molecule has 0 atom stereocenters. The zero-order valence-corrected chi connectivity index (χ0v) is 8.93. The van der Waals surface area contributed by atoms with Crippen molar-refractivity contribution in [1.82, 2.24) is 4.98 Å². The summed E-state index contributed by atoms with van der Waals surface area (Å²) in [6.45, 7) is 0. The van der Waals surface area contributed by atoms with Crippen LogP contribution >= 0.6 is 10.7 Å². The van der Waals surface area contributed by atoms with E-state index in [1.807, 2.05) is 0 Å². The molecular weight excluding hydrogens is 266 g/mol. The fourth-order valence-electron chi connectivity index (χ4n) is 0.926. The van der Waals surface area contributed by atoms with Gasteiger partial charge in [0.15, 0.2) is 5.03 Å². The van der Waals surface area contributed by atoms with Gasteiger partial charge in [-0.2, -0.15) is 5.26 Å². The van der Waals surface area contributed by atoms with Crippen molar-refractivity contribution < 1.29 is 22.3 Å². The quantitative estimate of drug-likeness (QED) is 0.821. The van der Waals surface area contributed by atoms with Crippen LogP contribution in [0.25, 0.3) is 0 Å². The van der Waals surface area contributed by atoms with Gasteiger partial charge >= 0.3 is 0 Å². The predicted octanol–water partition coefficient (Wildman–Crippen LogP) is 1.52. The van der Waals surface area contributed by atoms with Crippen molar-refractivity contribution in [3.63, 3.8) is 0 Å². The number of hydrogen-bond acceptors (Lipinski definition) is 5. The first-order chi connectivity index (χ1) is 7.27. The Morgan fingerprint density at radius 2 is 2.12 bits per heavy atom. The summed E-state index contributed by atoms with van der Waals surface area (Å²) in [6, 6.07) is 1.95. The van der Waals surface area contributed by atoms with E-state index in [-0.39, 0.29) is 0 Å². The zero-order valence-electron chi connectivity index (χ0n) is 7.35. The van der Waals surface area contributed by atoms with Gasteiger partial charge in [0.1, 0.15) is 17.5 Å². The highest BCUT2D eigenvalue weighted by molar-refractivity contribution is 8.13. The summed E-state index contributed by atoms with van der Waals surface area (Å²) in [6.07, 6.45) is -3.18. The molecule has 0 aliphatic heterocycles. The van der Waals surface area contributed by atoms with Gasteiger partial charge in [0.25, 0.3) is 15.5 Å². The molecule has 86 valence electrons. The third-order valence-corrected chi connectivity index (χ3v) is 2.77. The number of nitrogens with zero attached hydrogens (tertiary/aromatic N) is 2. The van der Waals surface area contributed by atoms with Crippen LogP contribution in [-0.4, -0.2) is 18.5 Å². The topological polar surface area (TPSA) is 91.0 Å². The monoisotopic (exact) mass is 268 g/mol. The Hall–Kier alpha value is -1.46. The molecule has 9 heteroatoms.